The van der Waals surface area contributed by atoms with Gasteiger partial charge in [-0.1, -0.05) is 24.6 Å². The van der Waals surface area contributed by atoms with E-state index in [1.165, 1.54) is 24.3 Å². The zero-order valence-electron chi connectivity index (χ0n) is 15.5. The van der Waals surface area contributed by atoms with Crippen LogP contribution in [0.1, 0.15) is 19.4 Å². The molecule has 1 amide bonds. The van der Waals surface area contributed by atoms with Gasteiger partial charge in [0, 0.05) is 12.2 Å². The molecule has 2 aromatic rings. The summed E-state index contributed by atoms with van der Waals surface area (Å²) in [5.74, 6) is -0.126. The monoisotopic (exact) mass is 421 g/mol. The number of carbonyl (C=O) groups is 1. The molecule has 0 aromatic heterocycles. The molecule has 0 fully saturated rings. The van der Waals surface area contributed by atoms with Crippen LogP contribution in [0.5, 0.6) is 5.75 Å². The van der Waals surface area contributed by atoms with Gasteiger partial charge in [0.05, 0.1) is 34.7 Å². The maximum Gasteiger partial charge on any atom is 0.243 e. The number of hydrogen-bond donors (Lipinski definition) is 1. The fourth-order valence-electron chi connectivity index (χ4n) is 2.46. The number of ether oxygens (including phenoxy) is 1. The number of rotatable bonds is 8. The van der Waals surface area contributed by atoms with E-state index in [1.807, 2.05) is 6.07 Å². The molecule has 0 aliphatic rings. The van der Waals surface area contributed by atoms with E-state index >= 15 is 0 Å². The molecule has 0 radical (unpaired) electrons. The van der Waals surface area contributed by atoms with Crippen LogP contribution < -0.4 is 10.1 Å². The molecule has 0 atom stereocenters. The number of benzene rings is 2. The van der Waals surface area contributed by atoms with Gasteiger partial charge in [-0.05, 0) is 43.3 Å². The van der Waals surface area contributed by atoms with Gasteiger partial charge in [0.2, 0.25) is 15.9 Å². The van der Waals surface area contributed by atoms with Gasteiger partial charge in [0.25, 0.3) is 0 Å². The van der Waals surface area contributed by atoms with E-state index in [-0.39, 0.29) is 23.0 Å². The second-order valence-electron chi connectivity index (χ2n) is 5.70. The van der Waals surface area contributed by atoms with Gasteiger partial charge in [0.15, 0.2) is 0 Å². The molecule has 0 unspecified atom stereocenters. The minimum Gasteiger partial charge on any atom is -0.492 e. The average Bonchev–Trinajstić information content (AvgIpc) is 2.67. The number of amides is 1. The minimum atomic E-state index is -3.93. The van der Waals surface area contributed by atoms with Gasteiger partial charge < -0.3 is 10.1 Å². The van der Waals surface area contributed by atoms with E-state index in [1.54, 1.807) is 32.0 Å². The van der Waals surface area contributed by atoms with Crippen molar-refractivity contribution in [2.75, 3.05) is 25.0 Å². The van der Waals surface area contributed by atoms with Crippen molar-refractivity contribution >= 4 is 33.2 Å². The summed E-state index contributed by atoms with van der Waals surface area (Å²) in [4.78, 5) is 12.3. The first-order chi connectivity index (χ1) is 13.3. The predicted octanol–water partition coefficient (Wildman–Crippen LogP) is 3.26. The second-order valence-corrected chi connectivity index (χ2v) is 8.04. The molecule has 9 heteroatoms. The molecule has 0 aliphatic carbocycles. The Balaban J connectivity index is 2.17. The maximum atomic E-state index is 12.9. The summed E-state index contributed by atoms with van der Waals surface area (Å²) in [5, 5.41) is 11.7. The van der Waals surface area contributed by atoms with Crippen LogP contribution in [-0.4, -0.2) is 38.3 Å². The van der Waals surface area contributed by atoms with E-state index in [4.69, 9.17) is 21.6 Å². The number of nitriles is 1. The van der Waals surface area contributed by atoms with Gasteiger partial charge in [-0.25, -0.2) is 8.42 Å². The zero-order valence-corrected chi connectivity index (χ0v) is 17.0. The van der Waals surface area contributed by atoms with E-state index in [9.17, 15) is 13.2 Å². The lowest BCUT2D eigenvalue weighted by atomic mass is 10.2. The number of carbonyl (C=O) groups excluding carboxylic acids is 1. The van der Waals surface area contributed by atoms with E-state index in [0.717, 1.165) is 4.31 Å². The Hall–Kier alpha value is -2.60. The highest BCUT2D eigenvalue weighted by Crippen LogP contribution is 2.28. The molecule has 0 bridgehead atoms. The molecule has 0 saturated heterocycles. The van der Waals surface area contributed by atoms with Gasteiger partial charge in [0.1, 0.15) is 5.75 Å². The van der Waals surface area contributed by atoms with Crippen molar-refractivity contribution in [1.82, 2.24) is 4.31 Å². The largest absolute Gasteiger partial charge is 0.492 e. The topological polar surface area (TPSA) is 99.5 Å². The predicted molar refractivity (Wildman–Crippen MR) is 107 cm³/mol. The van der Waals surface area contributed by atoms with Gasteiger partial charge in [-0.2, -0.15) is 9.57 Å². The highest BCUT2D eigenvalue weighted by Gasteiger charge is 2.26. The molecule has 0 heterocycles. The number of sulfonamides is 1. The minimum absolute atomic E-state index is 0.0259. The quantitative estimate of drug-likeness (QED) is 0.705. The Kier molecular flexibility index (Phi) is 7.40. The summed E-state index contributed by atoms with van der Waals surface area (Å²) in [6.07, 6.45) is 0. The number of nitrogens with zero attached hydrogens (tertiary/aromatic N) is 2. The number of halogens is 1. The first-order valence-electron chi connectivity index (χ1n) is 8.54. The summed E-state index contributed by atoms with van der Waals surface area (Å²) in [6, 6.07) is 12.5. The SMILES string of the molecule is CCOc1ccc(S(=O)(=O)N(CC)CC(=O)Nc2cccc(C#N)c2)cc1Cl. The van der Waals surface area contributed by atoms with Crippen molar-refractivity contribution < 1.29 is 17.9 Å². The van der Waals surface area contributed by atoms with Gasteiger partial charge >= 0.3 is 0 Å². The Bertz CT molecular complexity index is 1000. The summed E-state index contributed by atoms with van der Waals surface area (Å²) in [6.45, 7) is 3.56. The van der Waals surface area contributed by atoms with E-state index < -0.39 is 15.9 Å². The molecule has 2 aromatic carbocycles. The van der Waals surface area contributed by atoms with Crippen LogP contribution in [-0.2, 0) is 14.8 Å². The molecule has 148 valence electrons. The van der Waals surface area contributed by atoms with E-state index in [2.05, 4.69) is 5.32 Å². The number of anilines is 1. The fraction of sp³-hybridized carbons (Fsp3) is 0.263. The molecular formula is C19H20ClN3O4S. The Morgan fingerprint density at radius 3 is 2.61 bits per heavy atom. The lowest BCUT2D eigenvalue weighted by molar-refractivity contribution is -0.116. The van der Waals surface area contributed by atoms with Crippen LogP contribution in [0.15, 0.2) is 47.4 Å². The lowest BCUT2D eigenvalue weighted by Gasteiger charge is -2.20. The number of likely N-dealkylation sites (N-methyl/N-ethyl adjacent to an activating group) is 1. The van der Waals surface area contributed by atoms with Crippen molar-refractivity contribution in [3.05, 3.63) is 53.1 Å². The van der Waals surface area contributed by atoms with Crippen LogP contribution in [0.2, 0.25) is 5.02 Å². The normalized spacial score (nSPS) is 11.1. The van der Waals surface area contributed by atoms with Crippen LogP contribution in [0.3, 0.4) is 0 Å². The standard InChI is InChI=1S/C19H20ClN3O4S/c1-3-23(13-19(24)22-15-7-5-6-14(10-15)12-21)28(25,26)16-8-9-18(27-4-2)17(20)11-16/h5-11H,3-4,13H2,1-2H3,(H,22,24). The summed E-state index contributed by atoms with van der Waals surface area (Å²) in [7, 11) is -3.93. The molecule has 1 N–H and O–H groups in total. The van der Waals surface area contributed by atoms with Crippen molar-refractivity contribution in [2.24, 2.45) is 0 Å². The molecule has 0 saturated carbocycles. The highest BCUT2D eigenvalue weighted by atomic mass is 35.5. The first kappa shape index (κ1) is 21.7. The number of nitrogens with one attached hydrogen (secondary N) is 1. The lowest BCUT2D eigenvalue weighted by Crippen LogP contribution is -2.37. The van der Waals surface area contributed by atoms with Gasteiger partial charge in [-0.3, -0.25) is 4.79 Å². The molecule has 0 aliphatic heterocycles. The third-order valence-electron chi connectivity index (χ3n) is 3.79. The van der Waals surface area contributed by atoms with Gasteiger partial charge in [-0.15, -0.1) is 0 Å². The average molecular weight is 422 g/mol. The summed E-state index contributed by atoms with van der Waals surface area (Å²) in [5.41, 5.74) is 0.809. The Morgan fingerprint density at radius 2 is 2.00 bits per heavy atom. The van der Waals surface area contributed by atoms with E-state index in [0.29, 0.717) is 23.6 Å². The number of hydrogen-bond acceptors (Lipinski definition) is 5. The Morgan fingerprint density at radius 1 is 1.25 bits per heavy atom. The van der Waals surface area contributed by atoms with Crippen molar-refractivity contribution in [3.8, 4) is 11.8 Å². The zero-order chi connectivity index (χ0) is 20.7. The van der Waals surface area contributed by atoms with Crippen molar-refractivity contribution in [3.63, 3.8) is 0 Å². The van der Waals surface area contributed by atoms with Crippen LogP contribution >= 0.6 is 11.6 Å². The summed E-state index contributed by atoms with van der Waals surface area (Å²) < 4.78 is 32.1. The molecular weight excluding hydrogens is 402 g/mol. The third kappa shape index (κ3) is 5.23. The Labute approximate surface area is 169 Å². The molecule has 2 rings (SSSR count). The summed E-state index contributed by atoms with van der Waals surface area (Å²) >= 11 is 6.09. The third-order valence-corrected chi connectivity index (χ3v) is 6.00. The molecule has 7 nitrogen and oxygen atoms in total. The van der Waals surface area contributed by atoms with Crippen LogP contribution in [0, 0.1) is 11.3 Å². The first-order valence-corrected chi connectivity index (χ1v) is 10.4. The smallest absolute Gasteiger partial charge is 0.243 e. The second kappa shape index (κ2) is 9.55. The maximum absolute atomic E-state index is 12.9. The van der Waals surface area contributed by atoms with Crippen LogP contribution in [0.25, 0.3) is 0 Å². The van der Waals surface area contributed by atoms with Crippen molar-refractivity contribution in [2.45, 2.75) is 18.7 Å². The molecule has 0 spiro atoms. The van der Waals surface area contributed by atoms with Crippen molar-refractivity contribution in [1.29, 1.82) is 5.26 Å². The highest BCUT2D eigenvalue weighted by molar-refractivity contribution is 7.89. The van der Waals surface area contributed by atoms with Crippen LogP contribution in [0.4, 0.5) is 5.69 Å². The fourth-order valence-corrected chi connectivity index (χ4v) is 4.19. The molecule has 28 heavy (non-hydrogen) atoms.